The number of hydrogen-bond donors (Lipinski definition) is 1. The molecule has 1 N–H and O–H groups in total. The minimum absolute atomic E-state index is 0.540. The van der Waals surface area contributed by atoms with Gasteiger partial charge in [-0.3, -0.25) is 5.10 Å². The van der Waals surface area contributed by atoms with Crippen molar-refractivity contribution in [2.45, 2.75) is 46.0 Å². The maximum absolute atomic E-state index is 4.20. The first-order chi connectivity index (χ1) is 13.7. The fourth-order valence-corrected chi connectivity index (χ4v) is 4.01. The van der Waals surface area contributed by atoms with Crippen molar-refractivity contribution < 1.29 is 0 Å². The molecule has 0 fully saturated rings. The van der Waals surface area contributed by atoms with E-state index in [-0.39, 0.29) is 0 Å². The van der Waals surface area contributed by atoms with E-state index < -0.39 is 0 Å². The summed E-state index contributed by atoms with van der Waals surface area (Å²) >= 11 is 0. The molecule has 1 heterocycles. The van der Waals surface area contributed by atoms with Gasteiger partial charge in [0.1, 0.15) is 0 Å². The van der Waals surface area contributed by atoms with Crippen LogP contribution in [-0.4, -0.2) is 10.2 Å². The van der Waals surface area contributed by atoms with Crippen molar-refractivity contribution in [3.8, 4) is 0 Å². The third-order valence-electron chi connectivity index (χ3n) is 5.59. The quantitative estimate of drug-likeness (QED) is 0.508. The van der Waals surface area contributed by atoms with E-state index in [1.165, 1.54) is 33.4 Å². The molecule has 1 aliphatic carbocycles. The van der Waals surface area contributed by atoms with Crippen molar-refractivity contribution in [3.63, 3.8) is 0 Å². The Labute approximate surface area is 167 Å². The number of nitrogens with one attached hydrogen (secondary N) is 1. The smallest absolute Gasteiger partial charge is 0.0650 e. The monoisotopic (exact) mass is 368 g/mol. The average Bonchev–Trinajstić information content (AvgIpc) is 3.20. The van der Waals surface area contributed by atoms with Crippen LogP contribution < -0.4 is 0 Å². The maximum Gasteiger partial charge on any atom is 0.0650 e. The predicted molar refractivity (Wildman–Crippen MR) is 119 cm³/mol. The fraction of sp³-hybridized carbons (Fsp3) is 0.269. The van der Waals surface area contributed by atoms with Gasteiger partial charge in [0.2, 0.25) is 0 Å². The van der Waals surface area contributed by atoms with Crippen LogP contribution >= 0.6 is 0 Å². The number of rotatable bonds is 5. The molecule has 4 rings (SSSR count). The molecule has 28 heavy (non-hydrogen) atoms. The molecular weight excluding hydrogens is 340 g/mol. The van der Waals surface area contributed by atoms with Gasteiger partial charge in [0.05, 0.1) is 11.7 Å². The first-order valence-corrected chi connectivity index (χ1v) is 10.3. The molecule has 0 spiro atoms. The maximum atomic E-state index is 4.20. The summed E-state index contributed by atoms with van der Waals surface area (Å²) in [5.74, 6) is 0.540. The minimum Gasteiger partial charge on any atom is -0.278 e. The highest BCUT2D eigenvalue weighted by atomic mass is 15.1. The fourth-order valence-electron chi connectivity index (χ4n) is 4.01. The number of hydrogen-bond acceptors (Lipinski definition) is 1. The zero-order valence-electron chi connectivity index (χ0n) is 17.0. The van der Waals surface area contributed by atoms with Gasteiger partial charge in [-0.2, -0.15) is 5.10 Å². The largest absolute Gasteiger partial charge is 0.278 e. The molecule has 142 valence electrons. The number of aromatic amines is 1. The SMILES string of the molecule is CC/C(C1=CCCC=C1)=C(/c1ccc(C(C)C)cc1)c1ccc2[nH]ncc2c1. The number of fused-ring (bicyclic) bond motifs is 1. The van der Waals surface area contributed by atoms with E-state index in [9.17, 15) is 0 Å². The number of benzene rings is 2. The molecule has 0 aliphatic heterocycles. The third-order valence-corrected chi connectivity index (χ3v) is 5.59. The molecule has 0 amide bonds. The van der Waals surface area contributed by atoms with Gasteiger partial charge in [-0.05, 0) is 70.7 Å². The first-order valence-electron chi connectivity index (χ1n) is 10.3. The van der Waals surface area contributed by atoms with Crippen LogP contribution in [0, 0.1) is 0 Å². The molecule has 0 bridgehead atoms. The highest BCUT2D eigenvalue weighted by Crippen LogP contribution is 2.35. The highest BCUT2D eigenvalue weighted by molar-refractivity contribution is 5.90. The number of aromatic nitrogens is 2. The van der Waals surface area contributed by atoms with Gasteiger partial charge in [-0.15, -0.1) is 0 Å². The van der Waals surface area contributed by atoms with Crippen LogP contribution in [0.2, 0.25) is 0 Å². The summed E-state index contributed by atoms with van der Waals surface area (Å²) in [5.41, 5.74) is 9.10. The summed E-state index contributed by atoms with van der Waals surface area (Å²) in [4.78, 5) is 0. The summed E-state index contributed by atoms with van der Waals surface area (Å²) in [6, 6.07) is 15.7. The van der Waals surface area contributed by atoms with Crippen molar-refractivity contribution >= 4 is 16.5 Å². The van der Waals surface area contributed by atoms with Gasteiger partial charge >= 0.3 is 0 Å². The summed E-state index contributed by atoms with van der Waals surface area (Å²) < 4.78 is 0. The van der Waals surface area contributed by atoms with Crippen LogP contribution in [0.1, 0.15) is 62.6 Å². The summed E-state index contributed by atoms with van der Waals surface area (Å²) in [7, 11) is 0. The second kappa shape index (κ2) is 8.02. The molecule has 2 heteroatoms. The number of allylic oxidation sites excluding steroid dienone is 5. The lowest BCUT2D eigenvalue weighted by Crippen LogP contribution is -1.99. The van der Waals surface area contributed by atoms with Crippen LogP contribution in [-0.2, 0) is 0 Å². The Morgan fingerprint density at radius 2 is 1.82 bits per heavy atom. The molecule has 0 unspecified atom stereocenters. The van der Waals surface area contributed by atoms with E-state index in [0.717, 1.165) is 30.2 Å². The molecule has 0 saturated carbocycles. The molecule has 0 radical (unpaired) electrons. The summed E-state index contributed by atoms with van der Waals surface area (Å²) in [5, 5.41) is 8.41. The Hall–Kier alpha value is -2.87. The van der Waals surface area contributed by atoms with Gasteiger partial charge in [-0.25, -0.2) is 0 Å². The first kappa shape index (κ1) is 18.5. The molecule has 3 aromatic rings. The average molecular weight is 369 g/mol. The van der Waals surface area contributed by atoms with Crippen molar-refractivity contribution in [3.05, 3.63) is 94.7 Å². The molecular formula is C26H28N2. The van der Waals surface area contributed by atoms with Crippen LogP contribution in [0.3, 0.4) is 0 Å². The molecule has 0 atom stereocenters. The van der Waals surface area contributed by atoms with Crippen molar-refractivity contribution in [1.29, 1.82) is 0 Å². The Morgan fingerprint density at radius 3 is 2.50 bits per heavy atom. The second-order valence-electron chi connectivity index (χ2n) is 7.80. The Balaban J connectivity index is 1.92. The zero-order valence-corrected chi connectivity index (χ0v) is 17.0. The second-order valence-corrected chi connectivity index (χ2v) is 7.80. The lowest BCUT2D eigenvalue weighted by molar-refractivity contribution is 0.866. The van der Waals surface area contributed by atoms with Gasteiger partial charge in [0.25, 0.3) is 0 Å². The number of H-pyrrole nitrogens is 1. The highest BCUT2D eigenvalue weighted by Gasteiger charge is 2.15. The van der Waals surface area contributed by atoms with Crippen LogP contribution in [0.5, 0.6) is 0 Å². The van der Waals surface area contributed by atoms with Crippen LogP contribution in [0.4, 0.5) is 0 Å². The molecule has 2 aromatic carbocycles. The van der Waals surface area contributed by atoms with E-state index in [0.29, 0.717) is 5.92 Å². The zero-order chi connectivity index (χ0) is 19.5. The third kappa shape index (κ3) is 3.60. The molecule has 0 saturated heterocycles. The lowest BCUT2D eigenvalue weighted by Gasteiger charge is -2.19. The van der Waals surface area contributed by atoms with E-state index in [2.05, 4.69) is 91.7 Å². The Bertz CT molecular complexity index is 1060. The van der Waals surface area contributed by atoms with Crippen LogP contribution in [0.15, 0.2) is 78.0 Å². The lowest BCUT2D eigenvalue weighted by atomic mass is 9.85. The normalized spacial score (nSPS) is 15.1. The van der Waals surface area contributed by atoms with Gasteiger partial charge in [0, 0.05) is 5.39 Å². The Kier molecular flexibility index (Phi) is 5.29. The standard InChI is InChI=1S/C26H28N2/c1-4-24(20-8-6-5-7-9-20)26(21-12-10-19(11-13-21)18(2)3)22-14-15-25-23(16-22)17-27-28-25/h6,8-18H,4-5,7H2,1-3H3,(H,27,28)/b26-24+. The topological polar surface area (TPSA) is 28.7 Å². The van der Waals surface area contributed by atoms with Crippen molar-refractivity contribution in [2.24, 2.45) is 0 Å². The molecule has 2 nitrogen and oxygen atoms in total. The van der Waals surface area contributed by atoms with Crippen LogP contribution in [0.25, 0.3) is 16.5 Å². The van der Waals surface area contributed by atoms with Gasteiger partial charge < -0.3 is 0 Å². The van der Waals surface area contributed by atoms with Gasteiger partial charge in [0.15, 0.2) is 0 Å². The van der Waals surface area contributed by atoms with E-state index in [1.807, 2.05) is 6.20 Å². The molecule has 1 aliphatic rings. The summed E-state index contributed by atoms with van der Waals surface area (Å²) in [6.07, 6.45) is 12.1. The predicted octanol–water partition coefficient (Wildman–Crippen LogP) is 7.17. The Morgan fingerprint density at radius 1 is 1.04 bits per heavy atom. The van der Waals surface area contributed by atoms with Crippen molar-refractivity contribution in [1.82, 2.24) is 10.2 Å². The summed E-state index contributed by atoms with van der Waals surface area (Å²) in [6.45, 7) is 6.75. The van der Waals surface area contributed by atoms with E-state index >= 15 is 0 Å². The van der Waals surface area contributed by atoms with E-state index in [1.54, 1.807) is 0 Å². The van der Waals surface area contributed by atoms with Crippen molar-refractivity contribution in [2.75, 3.05) is 0 Å². The minimum atomic E-state index is 0.540. The number of nitrogens with zero attached hydrogens (tertiary/aromatic N) is 1. The van der Waals surface area contributed by atoms with E-state index in [4.69, 9.17) is 0 Å². The molecule has 1 aromatic heterocycles. The van der Waals surface area contributed by atoms with Gasteiger partial charge in [-0.1, -0.05) is 69.3 Å².